The molecule has 1 aliphatic rings. The van der Waals surface area contributed by atoms with Gasteiger partial charge < -0.3 is 0 Å². The van der Waals surface area contributed by atoms with Gasteiger partial charge in [0.1, 0.15) is 5.92 Å². The lowest BCUT2D eigenvalue weighted by Gasteiger charge is -2.13. The van der Waals surface area contributed by atoms with Gasteiger partial charge in [-0.1, -0.05) is 42.5 Å². The maximum absolute atomic E-state index is 11.5. The Kier molecular flexibility index (Phi) is 2.47. The van der Waals surface area contributed by atoms with E-state index >= 15 is 0 Å². The molecule has 0 fully saturated rings. The van der Waals surface area contributed by atoms with Crippen molar-refractivity contribution in [1.29, 1.82) is 5.26 Å². The first-order valence-electron chi connectivity index (χ1n) is 4.70. The van der Waals surface area contributed by atoms with E-state index in [2.05, 4.69) is 0 Å². The van der Waals surface area contributed by atoms with Crippen molar-refractivity contribution in [2.45, 2.75) is 0 Å². The summed E-state index contributed by atoms with van der Waals surface area (Å²) in [5.41, 5.74) is 1.72. The molecule has 0 saturated carbocycles. The number of allylic oxidation sites excluding steroid dienone is 4. The number of ketones is 1. The number of rotatable bonds is 1. The summed E-state index contributed by atoms with van der Waals surface area (Å²) in [5, 5.41) is 8.95. The minimum atomic E-state index is -0.655. The van der Waals surface area contributed by atoms with Crippen molar-refractivity contribution in [3.63, 3.8) is 0 Å². The van der Waals surface area contributed by atoms with Gasteiger partial charge in [-0.15, -0.1) is 0 Å². The van der Waals surface area contributed by atoms with Gasteiger partial charge in [-0.05, 0) is 17.2 Å². The summed E-state index contributed by atoms with van der Waals surface area (Å²) in [5.74, 6) is -0.795. The zero-order chi connectivity index (χ0) is 10.7. The molecule has 2 rings (SSSR count). The van der Waals surface area contributed by atoms with Crippen LogP contribution >= 0.6 is 0 Å². The van der Waals surface area contributed by atoms with Gasteiger partial charge in [-0.25, -0.2) is 0 Å². The van der Waals surface area contributed by atoms with Crippen LogP contribution in [0.2, 0.25) is 0 Å². The Balaban J connectivity index is 2.45. The Morgan fingerprint density at radius 3 is 2.60 bits per heavy atom. The van der Waals surface area contributed by atoms with E-state index in [1.165, 1.54) is 6.08 Å². The summed E-state index contributed by atoms with van der Waals surface area (Å²) in [6, 6.07) is 11.5. The van der Waals surface area contributed by atoms with Crippen LogP contribution < -0.4 is 0 Å². The van der Waals surface area contributed by atoms with Gasteiger partial charge >= 0.3 is 0 Å². The third-order valence-electron chi connectivity index (χ3n) is 2.37. The second kappa shape index (κ2) is 3.93. The molecule has 2 heteroatoms. The highest BCUT2D eigenvalue weighted by molar-refractivity contribution is 6.04. The normalized spacial score (nSPS) is 19.5. The summed E-state index contributed by atoms with van der Waals surface area (Å²) < 4.78 is 0. The number of hydrogen-bond donors (Lipinski definition) is 0. The molecule has 0 radical (unpaired) electrons. The van der Waals surface area contributed by atoms with Crippen molar-refractivity contribution in [3.05, 3.63) is 54.1 Å². The van der Waals surface area contributed by atoms with Gasteiger partial charge in [-0.3, -0.25) is 4.79 Å². The molecule has 0 N–H and O–H groups in total. The number of nitrogens with zero attached hydrogens (tertiary/aromatic N) is 1. The molecule has 0 heterocycles. The molecule has 1 aromatic carbocycles. The Hall–Kier alpha value is -2.14. The highest BCUT2D eigenvalue weighted by Gasteiger charge is 2.23. The first kappa shape index (κ1) is 9.42. The molecule has 0 saturated heterocycles. The van der Waals surface area contributed by atoms with Crippen LogP contribution in [0.4, 0.5) is 0 Å². The molecule has 1 unspecified atom stereocenters. The zero-order valence-corrected chi connectivity index (χ0v) is 8.05. The van der Waals surface area contributed by atoms with Gasteiger partial charge in [0.2, 0.25) is 0 Å². The van der Waals surface area contributed by atoms with Crippen LogP contribution in [0, 0.1) is 17.2 Å². The zero-order valence-electron chi connectivity index (χ0n) is 8.05. The molecule has 0 aliphatic heterocycles. The average Bonchev–Trinajstić information content (AvgIpc) is 2.30. The molecule has 1 aromatic rings. The molecule has 1 atom stereocenters. The average molecular weight is 195 g/mol. The summed E-state index contributed by atoms with van der Waals surface area (Å²) in [6.07, 6.45) is 4.96. The molecule has 0 aromatic heterocycles. The van der Waals surface area contributed by atoms with E-state index < -0.39 is 5.92 Å². The monoisotopic (exact) mass is 195 g/mol. The van der Waals surface area contributed by atoms with E-state index in [9.17, 15) is 4.79 Å². The fourth-order valence-corrected chi connectivity index (χ4v) is 1.62. The first-order chi connectivity index (χ1) is 7.33. The van der Waals surface area contributed by atoms with Gasteiger partial charge in [0.15, 0.2) is 5.78 Å². The van der Waals surface area contributed by atoms with E-state index in [1.54, 1.807) is 6.08 Å². The largest absolute Gasteiger partial charge is 0.293 e. The lowest BCUT2D eigenvalue weighted by molar-refractivity contribution is -0.115. The van der Waals surface area contributed by atoms with Crippen molar-refractivity contribution < 1.29 is 4.79 Å². The van der Waals surface area contributed by atoms with Crippen LogP contribution in [0.5, 0.6) is 0 Å². The fourth-order valence-electron chi connectivity index (χ4n) is 1.62. The third kappa shape index (κ3) is 1.72. The predicted molar refractivity (Wildman–Crippen MR) is 57.7 cm³/mol. The highest BCUT2D eigenvalue weighted by atomic mass is 16.1. The molecular formula is C13H9NO. The van der Waals surface area contributed by atoms with Gasteiger partial charge in [0.05, 0.1) is 6.07 Å². The molecule has 15 heavy (non-hydrogen) atoms. The quantitative estimate of drug-likeness (QED) is 0.690. The van der Waals surface area contributed by atoms with Gasteiger partial charge in [0.25, 0.3) is 0 Å². The van der Waals surface area contributed by atoms with Crippen molar-refractivity contribution in [2.75, 3.05) is 0 Å². The van der Waals surface area contributed by atoms with E-state index in [1.807, 2.05) is 42.5 Å². The lowest BCUT2D eigenvalue weighted by Crippen LogP contribution is -2.14. The number of benzene rings is 1. The Morgan fingerprint density at radius 1 is 1.20 bits per heavy atom. The smallest absolute Gasteiger partial charge is 0.177 e. The summed E-state index contributed by atoms with van der Waals surface area (Å²) in [4.78, 5) is 11.5. The van der Waals surface area contributed by atoms with Gasteiger partial charge in [-0.2, -0.15) is 5.26 Å². The van der Waals surface area contributed by atoms with Crippen LogP contribution in [0.3, 0.4) is 0 Å². The summed E-state index contributed by atoms with van der Waals surface area (Å²) in [7, 11) is 0. The Labute approximate surface area is 88.2 Å². The highest BCUT2D eigenvalue weighted by Crippen LogP contribution is 2.26. The molecule has 0 amide bonds. The van der Waals surface area contributed by atoms with E-state index in [4.69, 9.17) is 5.26 Å². The summed E-state index contributed by atoms with van der Waals surface area (Å²) in [6.45, 7) is 0. The van der Waals surface area contributed by atoms with Crippen molar-refractivity contribution in [3.8, 4) is 6.07 Å². The second-order valence-electron chi connectivity index (χ2n) is 3.31. The second-order valence-corrected chi connectivity index (χ2v) is 3.31. The molecule has 72 valence electrons. The Morgan fingerprint density at radius 2 is 1.93 bits per heavy atom. The van der Waals surface area contributed by atoms with E-state index in [0.29, 0.717) is 0 Å². The van der Waals surface area contributed by atoms with Crippen molar-refractivity contribution in [2.24, 2.45) is 5.92 Å². The lowest BCUT2D eigenvalue weighted by atomic mass is 9.87. The number of nitriles is 1. The first-order valence-corrected chi connectivity index (χ1v) is 4.70. The fraction of sp³-hybridized carbons (Fsp3) is 0.0769. The van der Waals surface area contributed by atoms with E-state index in [0.717, 1.165) is 11.1 Å². The van der Waals surface area contributed by atoms with Gasteiger partial charge in [0, 0.05) is 0 Å². The SMILES string of the molecule is N#CC1C(=O)C=CC=C1c1ccccc1. The molecular weight excluding hydrogens is 186 g/mol. The van der Waals surface area contributed by atoms with Crippen molar-refractivity contribution >= 4 is 11.4 Å². The Bertz CT molecular complexity index is 477. The van der Waals surface area contributed by atoms with Crippen LogP contribution in [0.1, 0.15) is 5.56 Å². The predicted octanol–water partition coefficient (Wildman–Crippen LogP) is 2.35. The van der Waals surface area contributed by atoms with E-state index in [-0.39, 0.29) is 5.78 Å². The maximum Gasteiger partial charge on any atom is 0.177 e. The van der Waals surface area contributed by atoms with Crippen LogP contribution in [0.15, 0.2) is 48.6 Å². The number of hydrogen-bond acceptors (Lipinski definition) is 2. The maximum atomic E-state index is 11.5. The third-order valence-corrected chi connectivity index (χ3v) is 2.37. The number of carbonyl (C=O) groups excluding carboxylic acids is 1. The van der Waals surface area contributed by atoms with Crippen LogP contribution in [-0.2, 0) is 4.79 Å². The van der Waals surface area contributed by atoms with Crippen molar-refractivity contribution in [1.82, 2.24) is 0 Å². The number of carbonyl (C=O) groups is 1. The standard InChI is InChI=1S/C13H9NO/c14-9-12-11(7-4-8-13(12)15)10-5-2-1-3-6-10/h1-8,12H. The van der Waals surface area contributed by atoms with Crippen LogP contribution in [-0.4, -0.2) is 5.78 Å². The molecule has 0 spiro atoms. The molecule has 0 bridgehead atoms. The molecule has 2 nitrogen and oxygen atoms in total. The van der Waals surface area contributed by atoms with Crippen LogP contribution in [0.25, 0.3) is 5.57 Å². The summed E-state index contributed by atoms with van der Waals surface area (Å²) >= 11 is 0. The minimum absolute atomic E-state index is 0.140. The minimum Gasteiger partial charge on any atom is -0.293 e. The molecule has 1 aliphatic carbocycles. The topological polar surface area (TPSA) is 40.9 Å².